The molecule has 0 aliphatic heterocycles. The van der Waals surface area contributed by atoms with Crippen LogP contribution in [0.1, 0.15) is 23.5 Å². The van der Waals surface area contributed by atoms with Gasteiger partial charge < -0.3 is 20.5 Å². The molecule has 27 heavy (non-hydrogen) atoms. The Morgan fingerprint density at radius 2 is 2.11 bits per heavy atom. The fourth-order valence-electron chi connectivity index (χ4n) is 2.63. The quantitative estimate of drug-likeness (QED) is 0.431. The predicted octanol–water partition coefficient (Wildman–Crippen LogP) is 3.09. The van der Waals surface area contributed by atoms with Crippen LogP contribution in [0.5, 0.6) is 5.88 Å². The maximum atomic E-state index is 10.5. The van der Waals surface area contributed by atoms with Crippen LogP contribution in [0.2, 0.25) is 0 Å². The lowest BCUT2D eigenvalue weighted by Gasteiger charge is -2.14. The summed E-state index contributed by atoms with van der Waals surface area (Å²) >= 11 is 1.61. The van der Waals surface area contributed by atoms with Gasteiger partial charge in [-0.2, -0.15) is 0 Å². The summed E-state index contributed by atoms with van der Waals surface area (Å²) in [5.74, 6) is 1.23. The van der Waals surface area contributed by atoms with Gasteiger partial charge in [-0.25, -0.2) is 9.98 Å². The Morgan fingerprint density at radius 3 is 2.89 bits per heavy atom. The van der Waals surface area contributed by atoms with Crippen molar-refractivity contribution in [3.05, 3.63) is 59.1 Å². The van der Waals surface area contributed by atoms with E-state index in [0.29, 0.717) is 24.9 Å². The summed E-state index contributed by atoms with van der Waals surface area (Å²) in [5.41, 5.74) is 1.00. The molecule has 2 aromatic heterocycles. The van der Waals surface area contributed by atoms with Gasteiger partial charge in [0.2, 0.25) is 5.88 Å². The van der Waals surface area contributed by atoms with Crippen LogP contribution in [0.15, 0.2) is 53.7 Å². The molecule has 3 aromatic rings. The number of benzene rings is 1. The molecule has 0 aliphatic carbocycles. The van der Waals surface area contributed by atoms with Crippen molar-refractivity contribution >= 4 is 27.4 Å². The van der Waals surface area contributed by atoms with Crippen molar-refractivity contribution in [3.8, 4) is 5.88 Å². The Morgan fingerprint density at radius 1 is 1.26 bits per heavy atom. The molecule has 0 aliphatic rings. The van der Waals surface area contributed by atoms with Gasteiger partial charge in [-0.05, 0) is 36.1 Å². The van der Waals surface area contributed by atoms with E-state index in [9.17, 15) is 5.11 Å². The highest BCUT2D eigenvalue weighted by Gasteiger charge is 2.12. The first-order chi connectivity index (χ1) is 13.2. The Bertz CT molecular complexity index is 877. The van der Waals surface area contributed by atoms with E-state index >= 15 is 0 Å². The summed E-state index contributed by atoms with van der Waals surface area (Å²) in [7, 11) is 1.59. The van der Waals surface area contributed by atoms with E-state index in [2.05, 4.69) is 32.7 Å². The van der Waals surface area contributed by atoms with Crippen molar-refractivity contribution in [3.63, 3.8) is 0 Å². The van der Waals surface area contributed by atoms with Gasteiger partial charge in [-0.15, -0.1) is 11.3 Å². The number of aliphatic imine (C=N–C) groups is 1. The van der Waals surface area contributed by atoms with Crippen LogP contribution in [0.25, 0.3) is 10.1 Å². The number of aliphatic hydroxyl groups excluding tert-OH is 1. The number of nitrogens with one attached hydrogen (secondary N) is 2. The smallest absolute Gasteiger partial charge is 0.213 e. The van der Waals surface area contributed by atoms with Crippen molar-refractivity contribution in [2.45, 2.75) is 19.6 Å². The molecule has 0 bridgehead atoms. The van der Waals surface area contributed by atoms with Gasteiger partial charge in [-0.3, -0.25) is 0 Å². The molecule has 3 rings (SSSR count). The van der Waals surface area contributed by atoms with E-state index in [4.69, 9.17) is 4.74 Å². The fraction of sp³-hybridized carbons (Fsp3) is 0.300. The number of guanidine groups is 1. The minimum absolute atomic E-state index is 0.387. The first-order valence-electron chi connectivity index (χ1n) is 8.87. The molecule has 0 saturated heterocycles. The molecule has 1 atom stereocenters. The number of nitrogens with zero attached hydrogens (tertiary/aromatic N) is 2. The topological polar surface area (TPSA) is 78.8 Å². The second-order valence-electron chi connectivity index (χ2n) is 5.98. The molecule has 0 amide bonds. The minimum atomic E-state index is -0.590. The Kier molecular flexibility index (Phi) is 6.62. The van der Waals surface area contributed by atoms with E-state index < -0.39 is 6.10 Å². The summed E-state index contributed by atoms with van der Waals surface area (Å²) in [4.78, 5) is 9.61. The lowest BCUT2D eigenvalue weighted by Crippen LogP contribution is -2.39. The molecular formula is C20H24N4O2S. The molecule has 0 radical (unpaired) electrons. The molecule has 1 aromatic carbocycles. The number of ether oxygens (including phenoxy) is 1. The highest BCUT2D eigenvalue weighted by Crippen LogP contribution is 2.29. The SMILES string of the molecule is CCNC(=NCc1ccnc(OC)c1)NCC(O)c1cc2ccccc2s1. The summed E-state index contributed by atoms with van der Waals surface area (Å²) in [6.07, 6.45) is 1.11. The van der Waals surface area contributed by atoms with Crippen LogP contribution in [-0.4, -0.2) is 36.2 Å². The van der Waals surface area contributed by atoms with Gasteiger partial charge in [0.15, 0.2) is 5.96 Å². The van der Waals surface area contributed by atoms with Crippen LogP contribution < -0.4 is 15.4 Å². The minimum Gasteiger partial charge on any atom is -0.481 e. The molecule has 0 fully saturated rings. The standard InChI is InChI=1S/C20H24N4O2S/c1-3-21-20(23-12-14-8-9-22-19(10-14)26-2)24-13-16(25)18-11-15-6-4-5-7-17(15)27-18/h4-11,16,25H,3,12-13H2,1-2H3,(H2,21,23,24). The zero-order valence-electron chi connectivity index (χ0n) is 15.5. The summed E-state index contributed by atoms with van der Waals surface area (Å²) < 4.78 is 6.32. The zero-order chi connectivity index (χ0) is 19.1. The molecule has 142 valence electrons. The highest BCUT2D eigenvalue weighted by molar-refractivity contribution is 7.19. The van der Waals surface area contributed by atoms with E-state index in [1.165, 1.54) is 4.70 Å². The second kappa shape index (κ2) is 9.34. The van der Waals surface area contributed by atoms with Crippen molar-refractivity contribution in [2.75, 3.05) is 20.2 Å². The Labute approximate surface area is 162 Å². The third-order valence-electron chi connectivity index (χ3n) is 4.01. The maximum absolute atomic E-state index is 10.5. The van der Waals surface area contributed by atoms with Gasteiger partial charge in [0.25, 0.3) is 0 Å². The second-order valence-corrected chi connectivity index (χ2v) is 7.10. The number of aliphatic hydroxyl groups is 1. The van der Waals surface area contributed by atoms with Crippen molar-refractivity contribution in [2.24, 2.45) is 4.99 Å². The molecule has 0 spiro atoms. The number of aromatic nitrogens is 1. The Hall–Kier alpha value is -2.64. The molecule has 7 heteroatoms. The first-order valence-corrected chi connectivity index (χ1v) is 9.69. The third-order valence-corrected chi connectivity index (χ3v) is 5.23. The van der Waals surface area contributed by atoms with Crippen LogP contribution in [0.3, 0.4) is 0 Å². The third kappa shape index (κ3) is 5.18. The van der Waals surface area contributed by atoms with Crippen LogP contribution in [0, 0.1) is 0 Å². The van der Waals surface area contributed by atoms with Crippen LogP contribution >= 0.6 is 11.3 Å². The monoisotopic (exact) mass is 384 g/mol. The maximum Gasteiger partial charge on any atom is 0.213 e. The number of pyridine rings is 1. The summed E-state index contributed by atoms with van der Waals surface area (Å²) in [6, 6.07) is 14.0. The van der Waals surface area contributed by atoms with Crippen LogP contribution in [-0.2, 0) is 6.54 Å². The molecule has 3 N–H and O–H groups in total. The average Bonchev–Trinajstić information content (AvgIpc) is 3.14. The number of fused-ring (bicyclic) bond motifs is 1. The van der Waals surface area contributed by atoms with E-state index in [1.54, 1.807) is 24.6 Å². The number of rotatable bonds is 7. The predicted molar refractivity (Wildman–Crippen MR) is 110 cm³/mol. The molecule has 2 heterocycles. The molecule has 0 saturated carbocycles. The molecule has 1 unspecified atom stereocenters. The number of methoxy groups -OCH3 is 1. The molecule has 6 nitrogen and oxygen atoms in total. The zero-order valence-corrected chi connectivity index (χ0v) is 16.3. The van der Waals surface area contributed by atoms with Crippen LogP contribution in [0.4, 0.5) is 0 Å². The number of hydrogen-bond acceptors (Lipinski definition) is 5. The van der Waals surface area contributed by atoms with Crippen molar-refractivity contribution in [1.82, 2.24) is 15.6 Å². The molecular weight excluding hydrogens is 360 g/mol. The normalized spacial score (nSPS) is 12.8. The van der Waals surface area contributed by atoms with Crippen molar-refractivity contribution < 1.29 is 9.84 Å². The van der Waals surface area contributed by atoms with E-state index in [1.807, 2.05) is 37.3 Å². The lowest BCUT2D eigenvalue weighted by atomic mass is 10.2. The van der Waals surface area contributed by atoms with Gasteiger partial charge in [0.05, 0.1) is 13.7 Å². The summed E-state index contributed by atoms with van der Waals surface area (Å²) in [5, 5.41) is 18.1. The summed E-state index contributed by atoms with van der Waals surface area (Å²) in [6.45, 7) is 3.63. The van der Waals surface area contributed by atoms with Gasteiger partial charge >= 0.3 is 0 Å². The van der Waals surface area contributed by atoms with Gasteiger partial charge in [0, 0.05) is 34.9 Å². The van der Waals surface area contributed by atoms with E-state index in [0.717, 1.165) is 22.4 Å². The van der Waals surface area contributed by atoms with E-state index in [-0.39, 0.29) is 0 Å². The Balaban J connectivity index is 1.62. The highest BCUT2D eigenvalue weighted by atomic mass is 32.1. The van der Waals surface area contributed by atoms with Gasteiger partial charge in [-0.1, -0.05) is 18.2 Å². The first kappa shape index (κ1) is 19.1. The average molecular weight is 385 g/mol. The van der Waals surface area contributed by atoms with Gasteiger partial charge in [0.1, 0.15) is 6.10 Å². The lowest BCUT2D eigenvalue weighted by molar-refractivity contribution is 0.184. The largest absolute Gasteiger partial charge is 0.481 e. The fourth-order valence-corrected chi connectivity index (χ4v) is 3.68. The van der Waals surface area contributed by atoms with Crippen molar-refractivity contribution in [1.29, 1.82) is 0 Å². The number of thiophene rings is 1. The number of hydrogen-bond donors (Lipinski definition) is 3.